The lowest BCUT2D eigenvalue weighted by molar-refractivity contribution is 0.101. The number of ketones is 1. The first-order valence-corrected chi connectivity index (χ1v) is 10.9. The van der Waals surface area contributed by atoms with Gasteiger partial charge in [0.1, 0.15) is 12.7 Å². The van der Waals surface area contributed by atoms with Crippen molar-refractivity contribution >= 4 is 28.5 Å². The molecule has 0 bridgehead atoms. The number of benzene rings is 2. The van der Waals surface area contributed by atoms with Crippen LogP contribution in [0.1, 0.15) is 28.4 Å². The second kappa shape index (κ2) is 8.07. The molecule has 0 aliphatic carbocycles. The second-order valence-corrected chi connectivity index (χ2v) is 8.35. The largest absolute Gasteiger partial charge is 0.368 e. The Morgan fingerprint density at radius 1 is 0.875 bits per heavy atom. The normalized spacial score (nSPS) is 14.2. The van der Waals surface area contributed by atoms with Gasteiger partial charge in [-0.05, 0) is 56.7 Å². The van der Waals surface area contributed by atoms with Gasteiger partial charge in [-0.15, -0.1) is 0 Å². The number of aromatic nitrogens is 4. The van der Waals surface area contributed by atoms with E-state index in [0.717, 1.165) is 60.1 Å². The van der Waals surface area contributed by atoms with Gasteiger partial charge in [0, 0.05) is 37.4 Å². The number of fused-ring (bicyclic) bond motifs is 1. The SMILES string of the molecule is CC(=O)c1ccc(N2CCN(c3ncnc4c3ncn4-c3ccc(C)cc3C)CC2)cc1. The monoisotopic (exact) mass is 426 g/mol. The molecule has 1 aliphatic heterocycles. The molecule has 1 fully saturated rings. The fraction of sp³-hybridized carbons (Fsp3) is 0.280. The molecule has 0 radical (unpaired) electrons. The van der Waals surface area contributed by atoms with E-state index in [1.165, 1.54) is 11.1 Å². The molecule has 0 N–H and O–H groups in total. The number of nitrogens with zero attached hydrogens (tertiary/aromatic N) is 6. The van der Waals surface area contributed by atoms with E-state index in [-0.39, 0.29) is 5.78 Å². The molecule has 0 atom stereocenters. The molecular weight excluding hydrogens is 400 g/mol. The van der Waals surface area contributed by atoms with Crippen LogP contribution in [0.15, 0.2) is 55.1 Å². The Morgan fingerprint density at radius 2 is 1.59 bits per heavy atom. The summed E-state index contributed by atoms with van der Waals surface area (Å²) in [5, 5.41) is 0. The summed E-state index contributed by atoms with van der Waals surface area (Å²) < 4.78 is 2.04. The number of Topliss-reactive ketones (excluding diaryl/α,β-unsaturated/α-hetero) is 1. The molecule has 32 heavy (non-hydrogen) atoms. The van der Waals surface area contributed by atoms with Gasteiger partial charge >= 0.3 is 0 Å². The van der Waals surface area contributed by atoms with Gasteiger partial charge in [-0.1, -0.05) is 17.7 Å². The summed E-state index contributed by atoms with van der Waals surface area (Å²) >= 11 is 0. The minimum Gasteiger partial charge on any atom is -0.368 e. The number of rotatable bonds is 4. The molecule has 0 saturated carbocycles. The number of piperazine rings is 1. The van der Waals surface area contributed by atoms with Crippen LogP contribution in [0.3, 0.4) is 0 Å². The van der Waals surface area contributed by atoms with Crippen molar-refractivity contribution in [3.63, 3.8) is 0 Å². The highest BCUT2D eigenvalue weighted by Gasteiger charge is 2.22. The zero-order valence-electron chi connectivity index (χ0n) is 18.6. The van der Waals surface area contributed by atoms with E-state index in [9.17, 15) is 4.79 Å². The van der Waals surface area contributed by atoms with Gasteiger partial charge in [0.25, 0.3) is 0 Å². The fourth-order valence-electron chi connectivity index (χ4n) is 4.39. The van der Waals surface area contributed by atoms with E-state index < -0.39 is 0 Å². The van der Waals surface area contributed by atoms with Crippen molar-refractivity contribution in [3.8, 4) is 5.69 Å². The summed E-state index contributed by atoms with van der Waals surface area (Å²) in [4.78, 5) is 30.0. The summed E-state index contributed by atoms with van der Waals surface area (Å²) in [5.74, 6) is 0.972. The number of aryl methyl sites for hydroxylation is 2. The first-order valence-electron chi connectivity index (χ1n) is 10.9. The molecule has 1 aliphatic rings. The van der Waals surface area contributed by atoms with Crippen LogP contribution in [-0.2, 0) is 0 Å². The molecule has 0 unspecified atom stereocenters. The molecule has 7 heteroatoms. The third kappa shape index (κ3) is 3.60. The Labute approximate surface area is 187 Å². The first kappa shape index (κ1) is 20.2. The summed E-state index contributed by atoms with van der Waals surface area (Å²) in [6, 6.07) is 14.3. The maximum absolute atomic E-state index is 11.5. The highest BCUT2D eigenvalue weighted by molar-refractivity contribution is 5.94. The van der Waals surface area contributed by atoms with Crippen LogP contribution < -0.4 is 9.80 Å². The zero-order chi connectivity index (χ0) is 22.2. The highest BCUT2D eigenvalue weighted by atomic mass is 16.1. The number of imidazole rings is 1. The molecular formula is C25H26N6O. The third-order valence-corrected chi connectivity index (χ3v) is 6.14. The summed E-state index contributed by atoms with van der Waals surface area (Å²) in [6.45, 7) is 9.25. The minimum absolute atomic E-state index is 0.0921. The van der Waals surface area contributed by atoms with Crippen LogP contribution >= 0.6 is 0 Å². The standard InChI is InChI=1S/C25H26N6O/c1-17-4-9-22(18(2)14-17)31-16-28-23-24(26-15-27-25(23)31)30-12-10-29(11-13-30)21-7-5-20(6-8-21)19(3)32/h4-9,14-16H,10-13H2,1-3H3. The van der Waals surface area contributed by atoms with E-state index >= 15 is 0 Å². The van der Waals surface area contributed by atoms with E-state index in [0.29, 0.717) is 0 Å². The second-order valence-electron chi connectivity index (χ2n) is 8.35. The average molecular weight is 427 g/mol. The summed E-state index contributed by atoms with van der Waals surface area (Å²) in [5.41, 5.74) is 7.04. The van der Waals surface area contributed by atoms with Gasteiger partial charge in [0.15, 0.2) is 22.8 Å². The van der Waals surface area contributed by atoms with Gasteiger partial charge in [0.2, 0.25) is 0 Å². The first-order chi connectivity index (χ1) is 15.5. The van der Waals surface area contributed by atoms with Gasteiger partial charge in [-0.3, -0.25) is 9.36 Å². The van der Waals surface area contributed by atoms with Gasteiger partial charge in [0.05, 0.1) is 5.69 Å². The zero-order valence-corrected chi connectivity index (χ0v) is 18.6. The fourth-order valence-corrected chi connectivity index (χ4v) is 4.39. The number of anilines is 2. The van der Waals surface area contributed by atoms with E-state index in [4.69, 9.17) is 0 Å². The Balaban J connectivity index is 1.38. The van der Waals surface area contributed by atoms with Crippen LogP contribution in [0.25, 0.3) is 16.9 Å². The van der Waals surface area contributed by atoms with Crippen LogP contribution in [0.2, 0.25) is 0 Å². The van der Waals surface area contributed by atoms with E-state index in [2.05, 4.69) is 56.8 Å². The Hall–Kier alpha value is -3.74. The van der Waals surface area contributed by atoms with Crippen molar-refractivity contribution in [2.24, 2.45) is 0 Å². The van der Waals surface area contributed by atoms with E-state index in [1.807, 2.05) is 35.2 Å². The molecule has 1 saturated heterocycles. The molecule has 3 heterocycles. The van der Waals surface area contributed by atoms with Crippen LogP contribution in [0.5, 0.6) is 0 Å². The van der Waals surface area contributed by atoms with Gasteiger partial charge in [-0.25, -0.2) is 15.0 Å². The van der Waals surface area contributed by atoms with Crippen molar-refractivity contribution in [3.05, 3.63) is 71.8 Å². The summed E-state index contributed by atoms with van der Waals surface area (Å²) in [6.07, 6.45) is 3.47. The maximum atomic E-state index is 11.5. The minimum atomic E-state index is 0.0921. The van der Waals surface area contributed by atoms with Gasteiger partial charge in [-0.2, -0.15) is 0 Å². The lowest BCUT2D eigenvalue weighted by Gasteiger charge is -2.36. The third-order valence-electron chi connectivity index (χ3n) is 6.14. The molecule has 2 aromatic heterocycles. The van der Waals surface area contributed by atoms with Crippen LogP contribution in [0, 0.1) is 13.8 Å². The molecule has 0 amide bonds. The topological polar surface area (TPSA) is 67.2 Å². The summed E-state index contributed by atoms with van der Waals surface area (Å²) in [7, 11) is 0. The van der Waals surface area contributed by atoms with Crippen molar-refractivity contribution in [2.45, 2.75) is 20.8 Å². The lowest BCUT2D eigenvalue weighted by Crippen LogP contribution is -2.47. The number of carbonyl (C=O) groups is 1. The molecule has 0 spiro atoms. The highest BCUT2D eigenvalue weighted by Crippen LogP contribution is 2.27. The molecule has 4 aromatic rings. The molecule has 162 valence electrons. The van der Waals surface area contributed by atoms with Crippen LogP contribution in [-0.4, -0.2) is 51.5 Å². The molecule has 2 aromatic carbocycles. The van der Waals surface area contributed by atoms with Crippen molar-refractivity contribution < 1.29 is 4.79 Å². The average Bonchev–Trinajstić information content (AvgIpc) is 3.23. The van der Waals surface area contributed by atoms with Crippen molar-refractivity contribution in [1.29, 1.82) is 0 Å². The predicted molar refractivity (Wildman–Crippen MR) is 127 cm³/mol. The predicted octanol–water partition coefficient (Wildman–Crippen LogP) is 3.96. The van der Waals surface area contributed by atoms with Crippen molar-refractivity contribution in [2.75, 3.05) is 36.0 Å². The van der Waals surface area contributed by atoms with E-state index in [1.54, 1.807) is 13.3 Å². The Morgan fingerprint density at radius 3 is 2.28 bits per heavy atom. The molecule has 5 rings (SSSR count). The lowest BCUT2D eigenvalue weighted by atomic mass is 10.1. The quantitative estimate of drug-likeness (QED) is 0.460. The Bertz CT molecular complexity index is 1290. The number of hydrogen-bond acceptors (Lipinski definition) is 6. The smallest absolute Gasteiger partial charge is 0.170 e. The maximum Gasteiger partial charge on any atom is 0.170 e. The Kier molecular flexibility index (Phi) is 5.09. The number of hydrogen-bond donors (Lipinski definition) is 0. The van der Waals surface area contributed by atoms with Gasteiger partial charge < -0.3 is 9.80 Å². The van der Waals surface area contributed by atoms with Crippen molar-refractivity contribution in [1.82, 2.24) is 19.5 Å². The molecule has 7 nitrogen and oxygen atoms in total. The number of carbonyl (C=O) groups excluding carboxylic acids is 1. The van der Waals surface area contributed by atoms with Crippen LogP contribution in [0.4, 0.5) is 11.5 Å².